The smallest absolute Gasteiger partial charge is 0.303 e. The topological polar surface area (TPSA) is 40.5 Å². The van der Waals surface area contributed by atoms with Gasteiger partial charge < -0.3 is 5.11 Å². The van der Waals surface area contributed by atoms with Gasteiger partial charge in [-0.2, -0.15) is 0 Å². The first-order chi connectivity index (χ1) is 7.65. The molecule has 0 amide bonds. The van der Waals surface area contributed by atoms with E-state index in [-0.39, 0.29) is 0 Å². The van der Waals surface area contributed by atoms with E-state index in [4.69, 9.17) is 5.11 Å². The predicted molar refractivity (Wildman–Crippen MR) is 65.6 cm³/mol. The Labute approximate surface area is 98.8 Å². The fourth-order valence-corrected chi connectivity index (χ4v) is 2.71. The monoisotopic (exact) mass is 227 g/mol. The summed E-state index contributed by atoms with van der Waals surface area (Å²) in [5.74, 6) is -0.666. The number of unbranched alkanes of at least 4 members (excludes halogenated alkanes) is 2. The van der Waals surface area contributed by atoms with E-state index in [1.54, 1.807) is 0 Å². The summed E-state index contributed by atoms with van der Waals surface area (Å²) >= 11 is 0. The van der Waals surface area contributed by atoms with Crippen LogP contribution in [-0.2, 0) is 4.79 Å². The van der Waals surface area contributed by atoms with Crippen molar-refractivity contribution in [2.24, 2.45) is 0 Å². The molecule has 1 saturated heterocycles. The van der Waals surface area contributed by atoms with Gasteiger partial charge in [0.25, 0.3) is 0 Å². The first-order valence-electron chi connectivity index (χ1n) is 6.62. The van der Waals surface area contributed by atoms with Crippen LogP contribution in [0.15, 0.2) is 0 Å². The minimum atomic E-state index is -0.666. The van der Waals surface area contributed by atoms with Gasteiger partial charge in [-0.1, -0.05) is 13.3 Å². The first-order valence-corrected chi connectivity index (χ1v) is 6.62. The number of aliphatic carboxylic acids is 1. The molecule has 0 saturated carbocycles. The minimum absolute atomic E-state index is 0.326. The van der Waals surface area contributed by atoms with Crippen molar-refractivity contribution in [1.29, 1.82) is 0 Å². The Morgan fingerprint density at radius 2 is 2.06 bits per heavy atom. The molecule has 3 nitrogen and oxygen atoms in total. The Hall–Kier alpha value is -0.570. The maximum Gasteiger partial charge on any atom is 0.303 e. The number of hydrogen-bond donors (Lipinski definition) is 1. The molecule has 0 radical (unpaired) electrons. The van der Waals surface area contributed by atoms with Crippen LogP contribution in [0.5, 0.6) is 0 Å². The zero-order valence-corrected chi connectivity index (χ0v) is 10.6. The van der Waals surface area contributed by atoms with Crippen LogP contribution < -0.4 is 0 Å². The van der Waals surface area contributed by atoms with Crippen molar-refractivity contribution in [3.63, 3.8) is 0 Å². The molecule has 1 heterocycles. The average Bonchev–Trinajstić information content (AvgIpc) is 2.59. The molecule has 0 bridgehead atoms. The second kappa shape index (κ2) is 6.89. The third kappa shape index (κ3) is 4.12. The molecule has 2 atom stereocenters. The molecule has 0 aromatic carbocycles. The summed E-state index contributed by atoms with van der Waals surface area (Å²) in [5.41, 5.74) is 0. The lowest BCUT2D eigenvalue weighted by molar-refractivity contribution is -0.137. The van der Waals surface area contributed by atoms with Crippen LogP contribution in [0.1, 0.15) is 58.8 Å². The fraction of sp³-hybridized carbons (Fsp3) is 0.923. The van der Waals surface area contributed by atoms with E-state index in [9.17, 15) is 4.79 Å². The maximum absolute atomic E-state index is 10.4. The van der Waals surface area contributed by atoms with Crippen LogP contribution in [0.25, 0.3) is 0 Å². The minimum Gasteiger partial charge on any atom is -0.481 e. The number of carboxylic acid groups (broad SMARTS) is 1. The molecule has 94 valence electrons. The quantitative estimate of drug-likeness (QED) is 0.680. The van der Waals surface area contributed by atoms with Crippen molar-refractivity contribution in [2.45, 2.75) is 70.9 Å². The number of carboxylic acids is 1. The number of rotatable bonds is 7. The van der Waals surface area contributed by atoms with Crippen molar-refractivity contribution in [1.82, 2.24) is 4.90 Å². The molecule has 1 rings (SSSR count). The largest absolute Gasteiger partial charge is 0.481 e. The van der Waals surface area contributed by atoms with Crippen molar-refractivity contribution in [3.8, 4) is 0 Å². The molecule has 3 heteroatoms. The summed E-state index contributed by atoms with van der Waals surface area (Å²) in [7, 11) is 0. The summed E-state index contributed by atoms with van der Waals surface area (Å²) in [5, 5.41) is 8.54. The van der Waals surface area contributed by atoms with Gasteiger partial charge in [0.15, 0.2) is 0 Å². The van der Waals surface area contributed by atoms with E-state index in [0.717, 1.165) is 37.9 Å². The Morgan fingerprint density at radius 1 is 1.31 bits per heavy atom. The van der Waals surface area contributed by atoms with Crippen molar-refractivity contribution in [3.05, 3.63) is 0 Å². The highest BCUT2D eigenvalue weighted by atomic mass is 16.4. The zero-order chi connectivity index (χ0) is 12.0. The van der Waals surface area contributed by atoms with Crippen molar-refractivity contribution in [2.75, 3.05) is 6.54 Å². The van der Waals surface area contributed by atoms with Gasteiger partial charge in [0.1, 0.15) is 0 Å². The Kier molecular flexibility index (Phi) is 5.81. The number of hydrogen-bond acceptors (Lipinski definition) is 2. The van der Waals surface area contributed by atoms with Crippen LogP contribution in [0.3, 0.4) is 0 Å². The number of likely N-dealkylation sites (tertiary alicyclic amines) is 1. The highest BCUT2D eigenvalue weighted by Gasteiger charge is 2.28. The van der Waals surface area contributed by atoms with Crippen LogP contribution in [0, 0.1) is 0 Å². The lowest BCUT2D eigenvalue weighted by atomic mass is 10.1. The Morgan fingerprint density at radius 3 is 2.69 bits per heavy atom. The molecule has 0 aliphatic carbocycles. The molecule has 0 spiro atoms. The molecular formula is C13H25NO2. The standard InChI is InChI=1S/C13H25NO2/c1-3-12-9-8-11(2)14(12)10-6-4-5-7-13(15)16/h11-12H,3-10H2,1-2H3,(H,15,16). The van der Waals surface area contributed by atoms with E-state index in [2.05, 4.69) is 18.7 Å². The lowest BCUT2D eigenvalue weighted by Gasteiger charge is -2.27. The molecule has 1 fully saturated rings. The summed E-state index contributed by atoms with van der Waals surface area (Å²) < 4.78 is 0. The second-order valence-corrected chi connectivity index (χ2v) is 4.93. The van der Waals surface area contributed by atoms with E-state index >= 15 is 0 Å². The van der Waals surface area contributed by atoms with Crippen LogP contribution in [0.2, 0.25) is 0 Å². The van der Waals surface area contributed by atoms with Gasteiger partial charge in [0.2, 0.25) is 0 Å². The molecule has 2 unspecified atom stereocenters. The molecule has 16 heavy (non-hydrogen) atoms. The molecule has 0 aromatic heterocycles. The lowest BCUT2D eigenvalue weighted by Crippen LogP contribution is -2.34. The zero-order valence-electron chi connectivity index (χ0n) is 10.6. The van der Waals surface area contributed by atoms with Gasteiger partial charge in [-0.15, -0.1) is 0 Å². The van der Waals surface area contributed by atoms with Gasteiger partial charge in [0, 0.05) is 18.5 Å². The molecule has 1 aliphatic rings. The third-order valence-corrected chi connectivity index (χ3v) is 3.73. The highest BCUT2D eigenvalue weighted by molar-refractivity contribution is 5.66. The van der Waals surface area contributed by atoms with Gasteiger partial charge >= 0.3 is 5.97 Å². The maximum atomic E-state index is 10.4. The normalized spacial score (nSPS) is 26.1. The third-order valence-electron chi connectivity index (χ3n) is 3.73. The molecule has 1 N–H and O–H groups in total. The summed E-state index contributed by atoms with van der Waals surface area (Å²) in [6, 6.07) is 1.50. The SMILES string of the molecule is CCC1CCC(C)N1CCCCCC(=O)O. The molecule has 1 aliphatic heterocycles. The predicted octanol–water partition coefficient (Wildman–Crippen LogP) is 2.89. The van der Waals surface area contributed by atoms with Gasteiger partial charge in [-0.25, -0.2) is 0 Å². The number of nitrogens with zero attached hydrogens (tertiary/aromatic N) is 1. The first kappa shape index (κ1) is 13.5. The fourth-order valence-electron chi connectivity index (χ4n) is 2.71. The van der Waals surface area contributed by atoms with Crippen LogP contribution in [0.4, 0.5) is 0 Å². The number of carbonyl (C=O) groups is 1. The summed E-state index contributed by atoms with van der Waals surface area (Å²) in [6.45, 7) is 5.73. The van der Waals surface area contributed by atoms with Gasteiger partial charge in [-0.05, 0) is 45.6 Å². The molecular weight excluding hydrogens is 202 g/mol. The van der Waals surface area contributed by atoms with Crippen LogP contribution >= 0.6 is 0 Å². The second-order valence-electron chi connectivity index (χ2n) is 4.93. The van der Waals surface area contributed by atoms with Gasteiger partial charge in [-0.3, -0.25) is 9.69 Å². The molecule has 0 aromatic rings. The highest BCUT2D eigenvalue weighted by Crippen LogP contribution is 2.26. The van der Waals surface area contributed by atoms with E-state index in [1.165, 1.54) is 19.3 Å². The average molecular weight is 227 g/mol. The Balaban J connectivity index is 2.13. The van der Waals surface area contributed by atoms with Gasteiger partial charge in [0.05, 0.1) is 0 Å². The van der Waals surface area contributed by atoms with E-state index < -0.39 is 5.97 Å². The van der Waals surface area contributed by atoms with Crippen molar-refractivity contribution < 1.29 is 9.90 Å². The van der Waals surface area contributed by atoms with Crippen LogP contribution in [-0.4, -0.2) is 34.6 Å². The van der Waals surface area contributed by atoms with Crippen molar-refractivity contribution >= 4 is 5.97 Å². The Bertz CT molecular complexity index is 218. The summed E-state index contributed by atoms with van der Waals surface area (Å²) in [4.78, 5) is 13.0. The van der Waals surface area contributed by atoms with E-state index in [0.29, 0.717) is 6.42 Å². The summed E-state index contributed by atoms with van der Waals surface area (Å²) in [6.07, 6.45) is 7.26. The van der Waals surface area contributed by atoms with E-state index in [1.807, 2.05) is 0 Å².